The van der Waals surface area contributed by atoms with Crippen LogP contribution >= 0.6 is 12.4 Å². The maximum absolute atomic E-state index is 12.7. The van der Waals surface area contributed by atoms with Crippen LogP contribution in [0, 0.1) is 12.8 Å². The number of carbonyl (C=O) groups is 1. The molecule has 154 valence electrons. The molecule has 1 saturated heterocycles. The van der Waals surface area contributed by atoms with Crippen molar-refractivity contribution in [3.63, 3.8) is 0 Å². The third kappa shape index (κ3) is 4.94. The number of carbonyl (C=O) groups excluding carboxylic acids is 1. The number of rotatable bonds is 6. The molecule has 0 N–H and O–H groups in total. The van der Waals surface area contributed by atoms with E-state index in [9.17, 15) is 4.79 Å². The van der Waals surface area contributed by atoms with E-state index < -0.39 is 0 Å². The summed E-state index contributed by atoms with van der Waals surface area (Å²) in [6.45, 7) is 4.90. The van der Waals surface area contributed by atoms with E-state index in [1.165, 1.54) is 32.1 Å². The molecule has 1 aromatic carbocycles. The van der Waals surface area contributed by atoms with Gasteiger partial charge in [0, 0.05) is 30.1 Å². The average molecular weight is 407 g/mol. The highest BCUT2D eigenvalue weighted by molar-refractivity contribution is 6.01. The van der Waals surface area contributed by atoms with Crippen molar-refractivity contribution in [1.82, 2.24) is 9.78 Å². The van der Waals surface area contributed by atoms with Crippen molar-refractivity contribution in [3.8, 4) is 0 Å². The first-order chi connectivity index (χ1) is 13.2. The van der Waals surface area contributed by atoms with Gasteiger partial charge in [-0.25, -0.2) is 0 Å². The zero-order valence-corrected chi connectivity index (χ0v) is 17.5. The fourth-order valence-corrected chi connectivity index (χ4v) is 4.44. The number of nitrogens with zero attached hydrogens (tertiary/aromatic N) is 2. The number of halogens is 1. The lowest BCUT2D eigenvalue weighted by molar-refractivity contribution is -0.0902. The number of aromatic nitrogens is 2. The molecule has 28 heavy (non-hydrogen) atoms. The Hall–Kier alpha value is -1.43. The fraction of sp³-hybridized carbons (Fsp3) is 0.636. The minimum atomic E-state index is 0. The van der Waals surface area contributed by atoms with Gasteiger partial charge < -0.3 is 9.47 Å². The predicted molar refractivity (Wildman–Crippen MR) is 112 cm³/mol. The second kappa shape index (κ2) is 9.86. The Morgan fingerprint density at radius 1 is 1.21 bits per heavy atom. The predicted octanol–water partition coefficient (Wildman–Crippen LogP) is 4.73. The normalized spacial score (nSPS) is 20.8. The molecule has 1 aromatic heterocycles. The van der Waals surface area contributed by atoms with Crippen molar-refractivity contribution in [3.05, 3.63) is 29.5 Å². The van der Waals surface area contributed by atoms with Crippen LogP contribution in [0.1, 0.15) is 60.9 Å². The third-order valence-corrected chi connectivity index (χ3v) is 6.03. The maximum atomic E-state index is 12.7. The Morgan fingerprint density at radius 2 is 2.04 bits per heavy atom. The molecule has 0 bridgehead atoms. The quantitative estimate of drug-likeness (QED) is 0.651. The number of hydrogen-bond donors (Lipinski definition) is 0. The van der Waals surface area contributed by atoms with Gasteiger partial charge in [-0.05, 0) is 37.7 Å². The molecule has 0 spiro atoms. The first-order valence-electron chi connectivity index (χ1n) is 10.4. The standard InChI is InChI=1S/C22H30N2O3.ClH/c1-16-20(21(25)10-8-19-15-26-11-12-27-19)9-7-18-14-24(23-22(16)18)13-17-5-3-2-4-6-17;/h7,9,14,17,19H,2-6,8,10-13,15H2,1H3;1H. The monoisotopic (exact) mass is 406 g/mol. The summed E-state index contributed by atoms with van der Waals surface area (Å²) in [5, 5.41) is 5.95. The van der Waals surface area contributed by atoms with Crippen molar-refractivity contribution >= 4 is 29.1 Å². The number of benzene rings is 1. The number of ketones is 1. The Kier molecular flexibility index (Phi) is 7.49. The summed E-state index contributed by atoms with van der Waals surface area (Å²) >= 11 is 0. The van der Waals surface area contributed by atoms with E-state index in [1.807, 2.05) is 19.1 Å². The minimum absolute atomic E-state index is 0. The molecule has 1 unspecified atom stereocenters. The van der Waals surface area contributed by atoms with Gasteiger partial charge in [0.25, 0.3) is 0 Å². The van der Waals surface area contributed by atoms with Gasteiger partial charge in [0.15, 0.2) is 5.78 Å². The summed E-state index contributed by atoms with van der Waals surface area (Å²) < 4.78 is 13.2. The summed E-state index contributed by atoms with van der Waals surface area (Å²) in [6.07, 6.45) is 10.1. The van der Waals surface area contributed by atoms with Crippen molar-refractivity contribution in [1.29, 1.82) is 0 Å². The fourth-order valence-electron chi connectivity index (χ4n) is 4.44. The molecule has 2 fully saturated rings. The minimum Gasteiger partial charge on any atom is -0.376 e. The average Bonchev–Trinajstić information content (AvgIpc) is 3.11. The van der Waals surface area contributed by atoms with Crippen molar-refractivity contribution in [2.75, 3.05) is 19.8 Å². The number of ether oxygens (including phenoxy) is 2. The molecule has 1 aliphatic carbocycles. The number of fused-ring (bicyclic) bond motifs is 1. The van der Waals surface area contributed by atoms with E-state index in [4.69, 9.17) is 14.6 Å². The van der Waals surface area contributed by atoms with Crippen molar-refractivity contribution < 1.29 is 14.3 Å². The van der Waals surface area contributed by atoms with E-state index in [0.29, 0.717) is 32.7 Å². The summed E-state index contributed by atoms with van der Waals surface area (Å²) in [5.74, 6) is 0.914. The van der Waals surface area contributed by atoms with Gasteiger partial charge in [0.2, 0.25) is 0 Å². The Balaban J connectivity index is 0.00000225. The highest BCUT2D eigenvalue weighted by Gasteiger charge is 2.19. The smallest absolute Gasteiger partial charge is 0.163 e. The van der Waals surface area contributed by atoms with Gasteiger partial charge in [0.05, 0.1) is 31.4 Å². The van der Waals surface area contributed by atoms with Crippen LogP contribution in [0.3, 0.4) is 0 Å². The molecule has 4 rings (SSSR count). The van der Waals surface area contributed by atoms with Crippen molar-refractivity contribution in [2.24, 2.45) is 5.92 Å². The maximum Gasteiger partial charge on any atom is 0.163 e. The van der Waals surface area contributed by atoms with E-state index >= 15 is 0 Å². The van der Waals surface area contributed by atoms with Crippen molar-refractivity contribution in [2.45, 2.75) is 64.5 Å². The molecule has 6 heteroatoms. The highest BCUT2D eigenvalue weighted by atomic mass is 35.5. The number of aryl methyl sites for hydroxylation is 1. The van der Waals surface area contributed by atoms with Crippen LogP contribution < -0.4 is 0 Å². The van der Waals surface area contributed by atoms with Crippen LogP contribution in [0.4, 0.5) is 0 Å². The van der Waals surface area contributed by atoms with Crippen LogP contribution in [-0.2, 0) is 16.0 Å². The molecule has 2 heterocycles. The van der Waals surface area contributed by atoms with Gasteiger partial charge in [-0.2, -0.15) is 5.10 Å². The molecule has 1 aliphatic heterocycles. The zero-order chi connectivity index (χ0) is 18.6. The molecule has 2 aliphatic rings. The topological polar surface area (TPSA) is 53.4 Å². The van der Waals surface area contributed by atoms with E-state index in [1.54, 1.807) is 0 Å². The highest BCUT2D eigenvalue weighted by Crippen LogP contribution is 2.27. The van der Waals surface area contributed by atoms with Gasteiger partial charge in [0.1, 0.15) is 0 Å². The Labute approximate surface area is 173 Å². The number of hydrogen-bond acceptors (Lipinski definition) is 4. The Morgan fingerprint density at radius 3 is 2.79 bits per heavy atom. The molecular weight excluding hydrogens is 376 g/mol. The SMILES string of the molecule is Cc1c(C(=O)CCC2COCCO2)ccc2cn(CC3CCCCC3)nc12.Cl. The molecule has 1 saturated carbocycles. The van der Waals surface area contributed by atoms with E-state index in [0.717, 1.165) is 34.5 Å². The third-order valence-electron chi connectivity index (χ3n) is 6.03. The summed E-state index contributed by atoms with van der Waals surface area (Å²) in [4.78, 5) is 12.7. The second-order valence-corrected chi connectivity index (χ2v) is 8.06. The van der Waals surface area contributed by atoms with Crippen LogP contribution in [-0.4, -0.2) is 41.5 Å². The summed E-state index contributed by atoms with van der Waals surface area (Å²) in [6, 6.07) is 4.00. The van der Waals surface area contributed by atoms with Gasteiger partial charge in [-0.1, -0.05) is 31.4 Å². The van der Waals surface area contributed by atoms with Crippen LogP contribution in [0.2, 0.25) is 0 Å². The molecule has 0 amide bonds. The molecular formula is C22H31ClN2O3. The Bertz CT molecular complexity index is 792. The lowest BCUT2D eigenvalue weighted by Gasteiger charge is -2.22. The lowest BCUT2D eigenvalue weighted by atomic mass is 9.89. The van der Waals surface area contributed by atoms with Crippen LogP contribution in [0.25, 0.3) is 10.9 Å². The first-order valence-corrected chi connectivity index (χ1v) is 10.4. The first kappa shape index (κ1) is 21.3. The molecule has 0 radical (unpaired) electrons. The lowest BCUT2D eigenvalue weighted by Crippen LogP contribution is -2.29. The zero-order valence-electron chi connectivity index (χ0n) is 16.7. The molecule has 5 nitrogen and oxygen atoms in total. The summed E-state index contributed by atoms with van der Waals surface area (Å²) in [7, 11) is 0. The van der Waals surface area contributed by atoms with E-state index in [2.05, 4.69) is 10.9 Å². The van der Waals surface area contributed by atoms with Gasteiger partial charge in [-0.15, -0.1) is 12.4 Å². The van der Waals surface area contributed by atoms with Crippen LogP contribution in [0.15, 0.2) is 18.3 Å². The number of Topliss-reactive ketones (excluding diaryl/α,β-unsaturated/α-hetero) is 1. The van der Waals surface area contributed by atoms with Crippen LogP contribution in [0.5, 0.6) is 0 Å². The summed E-state index contributed by atoms with van der Waals surface area (Å²) in [5.41, 5.74) is 2.76. The second-order valence-electron chi connectivity index (χ2n) is 8.06. The van der Waals surface area contributed by atoms with E-state index in [-0.39, 0.29) is 24.3 Å². The molecule has 1 atom stereocenters. The van der Waals surface area contributed by atoms with Gasteiger partial charge >= 0.3 is 0 Å². The largest absolute Gasteiger partial charge is 0.376 e. The van der Waals surface area contributed by atoms with Gasteiger partial charge in [-0.3, -0.25) is 9.48 Å². The molecule has 2 aromatic rings.